The van der Waals surface area contributed by atoms with Crippen LogP contribution < -0.4 is 10.6 Å². The maximum Gasteiger partial charge on any atom is 0.216 e. The number of rotatable bonds is 10. The zero-order valence-electron chi connectivity index (χ0n) is 14.0. The fourth-order valence-corrected chi connectivity index (χ4v) is 3.31. The molecule has 0 aliphatic rings. The molecule has 2 aromatic rings. The van der Waals surface area contributed by atoms with Crippen molar-refractivity contribution in [3.63, 3.8) is 0 Å². The molecule has 1 amide bonds. The maximum absolute atomic E-state index is 10.8. The number of nitrogens with zero attached hydrogens (tertiary/aromatic N) is 1. The number of hydrogen-bond donors (Lipinski definition) is 3. The van der Waals surface area contributed by atoms with Crippen molar-refractivity contribution < 1.29 is 9.90 Å². The van der Waals surface area contributed by atoms with Gasteiger partial charge in [0.25, 0.3) is 0 Å². The number of pyridine rings is 1. The second-order valence-electron chi connectivity index (χ2n) is 5.70. The van der Waals surface area contributed by atoms with E-state index in [4.69, 9.17) is 5.11 Å². The molecule has 0 spiro atoms. The third-order valence-electron chi connectivity index (χ3n) is 3.61. The molecule has 0 unspecified atom stereocenters. The highest BCUT2D eigenvalue weighted by Crippen LogP contribution is 2.18. The van der Waals surface area contributed by atoms with Crippen molar-refractivity contribution in [1.29, 1.82) is 0 Å². The Kier molecular flexibility index (Phi) is 7.71. The number of thiophene rings is 1. The van der Waals surface area contributed by atoms with Crippen molar-refractivity contribution in [3.8, 4) is 0 Å². The molecule has 2 heterocycles. The first kappa shape index (κ1) is 18.4. The lowest BCUT2D eigenvalue weighted by Crippen LogP contribution is -2.26. The Morgan fingerprint density at radius 3 is 2.83 bits per heavy atom. The lowest BCUT2D eigenvalue weighted by atomic mass is 10.1. The van der Waals surface area contributed by atoms with Crippen LogP contribution in [-0.4, -0.2) is 35.7 Å². The number of aryl methyl sites for hydroxylation is 3. The van der Waals surface area contributed by atoms with Crippen LogP contribution in [0.15, 0.2) is 29.8 Å². The predicted octanol–water partition coefficient (Wildman–Crippen LogP) is 2.40. The average Bonchev–Trinajstić information content (AvgIpc) is 3.04. The molecule has 0 fully saturated rings. The molecule has 6 heteroatoms. The molecule has 2 aromatic heterocycles. The first-order valence-corrected chi connectivity index (χ1v) is 9.15. The first-order valence-electron chi connectivity index (χ1n) is 8.28. The molecule has 3 N–H and O–H groups in total. The summed E-state index contributed by atoms with van der Waals surface area (Å²) in [4.78, 5) is 16.6. The lowest BCUT2D eigenvalue weighted by Gasteiger charge is -2.07. The first-order chi connectivity index (χ1) is 11.7. The molecule has 0 saturated heterocycles. The van der Waals surface area contributed by atoms with Gasteiger partial charge in [0.2, 0.25) is 5.91 Å². The van der Waals surface area contributed by atoms with Gasteiger partial charge in [-0.1, -0.05) is 0 Å². The molecular weight excluding hydrogens is 322 g/mol. The molecule has 0 radical (unpaired) electrons. The second kappa shape index (κ2) is 10.1. The van der Waals surface area contributed by atoms with Crippen LogP contribution in [-0.2, 0) is 24.1 Å². The lowest BCUT2D eigenvalue weighted by molar-refractivity contribution is -0.118. The topological polar surface area (TPSA) is 74.2 Å². The van der Waals surface area contributed by atoms with Gasteiger partial charge >= 0.3 is 0 Å². The molecule has 24 heavy (non-hydrogen) atoms. The summed E-state index contributed by atoms with van der Waals surface area (Å²) in [5.74, 6) is -0.0155. The summed E-state index contributed by atoms with van der Waals surface area (Å²) in [5.41, 5.74) is 3.38. The van der Waals surface area contributed by atoms with Crippen molar-refractivity contribution in [1.82, 2.24) is 10.3 Å². The van der Waals surface area contributed by atoms with Crippen LogP contribution in [0.2, 0.25) is 0 Å². The number of aromatic nitrogens is 1. The van der Waals surface area contributed by atoms with Gasteiger partial charge in [0.15, 0.2) is 0 Å². The number of carbonyl (C=O) groups is 1. The van der Waals surface area contributed by atoms with Gasteiger partial charge in [0, 0.05) is 37.2 Å². The Morgan fingerprint density at radius 2 is 2.12 bits per heavy atom. The van der Waals surface area contributed by atoms with Crippen molar-refractivity contribution in [2.75, 3.05) is 25.0 Å². The molecule has 0 saturated carbocycles. The quantitative estimate of drug-likeness (QED) is 0.577. The fraction of sp³-hybridized carbons (Fsp3) is 0.444. The molecule has 0 aliphatic carbocycles. The van der Waals surface area contributed by atoms with Crippen LogP contribution in [0.4, 0.5) is 5.69 Å². The van der Waals surface area contributed by atoms with Crippen molar-refractivity contribution in [3.05, 3.63) is 45.9 Å². The highest BCUT2D eigenvalue weighted by atomic mass is 32.1. The monoisotopic (exact) mass is 347 g/mol. The minimum atomic E-state index is -0.0155. The van der Waals surface area contributed by atoms with Crippen LogP contribution in [0.5, 0.6) is 0 Å². The molecule has 2 rings (SSSR count). The summed E-state index contributed by atoms with van der Waals surface area (Å²) < 4.78 is 0. The summed E-state index contributed by atoms with van der Waals surface area (Å²) in [6, 6.07) is 6.30. The highest BCUT2D eigenvalue weighted by Gasteiger charge is 2.02. The Labute approximate surface area is 147 Å². The Hall–Kier alpha value is -1.92. The summed E-state index contributed by atoms with van der Waals surface area (Å²) in [7, 11) is 0. The smallest absolute Gasteiger partial charge is 0.216 e. The van der Waals surface area contributed by atoms with Crippen LogP contribution >= 0.6 is 11.3 Å². The van der Waals surface area contributed by atoms with Gasteiger partial charge in [-0.3, -0.25) is 9.78 Å². The number of anilines is 1. The number of aliphatic hydroxyl groups excluding tert-OH is 1. The Balaban J connectivity index is 1.73. The van der Waals surface area contributed by atoms with E-state index in [2.05, 4.69) is 27.1 Å². The van der Waals surface area contributed by atoms with Gasteiger partial charge in [-0.15, -0.1) is 11.3 Å². The minimum Gasteiger partial charge on any atom is -0.396 e. The summed E-state index contributed by atoms with van der Waals surface area (Å²) in [5, 5.41) is 17.0. The number of carbonyl (C=O) groups excluding carboxylic acids is 1. The molecule has 0 atom stereocenters. The maximum atomic E-state index is 10.8. The van der Waals surface area contributed by atoms with Crippen LogP contribution in [0.3, 0.4) is 0 Å². The van der Waals surface area contributed by atoms with Crippen LogP contribution in [0.25, 0.3) is 0 Å². The van der Waals surface area contributed by atoms with Gasteiger partial charge in [0.1, 0.15) is 0 Å². The molecule has 0 aromatic carbocycles. The number of aliphatic hydroxyl groups is 1. The summed E-state index contributed by atoms with van der Waals surface area (Å²) in [6.45, 7) is 3.06. The predicted molar refractivity (Wildman–Crippen MR) is 98.5 cm³/mol. The van der Waals surface area contributed by atoms with Crippen molar-refractivity contribution in [2.45, 2.75) is 32.6 Å². The molecule has 0 bridgehead atoms. The summed E-state index contributed by atoms with van der Waals surface area (Å²) in [6.07, 6.45) is 5.53. The number of amides is 1. The van der Waals surface area contributed by atoms with Crippen molar-refractivity contribution in [2.24, 2.45) is 0 Å². The zero-order chi connectivity index (χ0) is 17.2. The van der Waals surface area contributed by atoms with E-state index >= 15 is 0 Å². The third kappa shape index (κ3) is 6.68. The molecule has 5 nitrogen and oxygen atoms in total. The van der Waals surface area contributed by atoms with E-state index in [1.807, 2.05) is 18.3 Å². The SMILES string of the molecule is CC(=O)NCCNc1ccc(CCc2csc(CCCO)c2)nc1. The second-order valence-corrected chi connectivity index (χ2v) is 6.69. The number of nitrogens with one attached hydrogen (secondary N) is 2. The van der Waals surface area contributed by atoms with Gasteiger partial charge in [-0.2, -0.15) is 0 Å². The molecule has 130 valence electrons. The normalized spacial score (nSPS) is 10.6. The van der Waals surface area contributed by atoms with E-state index in [9.17, 15) is 4.79 Å². The van der Waals surface area contributed by atoms with Gasteiger partial charge in [0.05, 0.1) is 11.9 Å². The van der Waals surface area contributed by atoms with E-state index in [1.165, 1.54) is 17.4 Å². The Bertz CT molecular complexity index is 625. The average molecular weight is 347 g/mol. The fourth-order valence-electron chi connectivity index (χ4n) is 2.34. The van der Waals surface area contributed by atoms with E-state index in [0.717, 1.165) is 37.1 Å². The molecular formula is C18H25N3O2S. The molecule has 0 aliphatic heterocycles. The third-order valence-corrected chi connectivity index (χ3v) is 4.66. The zero-order valence-corrected chi connectivity index (χ0v) is 14.9. The van der Waals surface area contributed by atoms with Gasteiger partial charge < -0.3 is 15.7 Å². The van der Waals surface area contributed by atoms with Gasteiger partial charge in [-0.25, -0.2) is 0 Å². The standard InChI is InChI=1S/C18H25N3O2S/c1-14(23)19-8-9-20-17-7-6-16(21-12-17)5-4-15-11-18(24-13-15)3-2-10-22/h6-7,11-13,20,22H,2-5,8-10H2,1H3,(H,19,23). The van der Waals surface area contributed by atoms with E-state index in [-0.39, 0.29) is 12.5 Å². The minimum absolute atomic E-state index is 0.0155. The largest absolute Gasteiger partial charge is 0.396 e. The van der Waals surface area contributed by atoms with E-state index < -0.39 is 0 Å². The van der Waals surface area contributed by atoms with E-state index in [0.29, 0.717) is 13.1 Å². The number of hydrogen-bond acceptors (Lipinski definition) is 5. The van der Waals surface area contributed by atoms with E-state index in [1.54, 1.807) is 11.3 Å². The van der Waals surface area contributed by atoms with Crippen LogP contribution in [0, 0.1) is 0 Å². The summed E-state index contributed by atoms with van der Waals surface area (Å²) >= 11 is 1.77. The van der Waals surface area contributed by atoms with Gasteiger partial charge in [-0.05, 0) is 54.8 Å². The highest BCUT2D eigenvalue weighted by molar-refractivity contribution is 7.10. The van der Waals surface area contributed by atoms with Crippen molar-refractivity contribution >= 4 is 22.9 Å². The Morgan fingerprint density at radius 1 is 1.25 bits per heavy atom. The van der Waals surface area contributed by atoms with Crippen LogP contribution in [0.1, 0.15) is 29.5 Å².